The first-order valence-corrected chi connectivity index (χ1v) is 12.7. The fraction of sp³-hybridized carbons (Fsp3) is 0.265. The summed E-state index contributed by atoms with van der Waals surface area (Å²) in [5, 5.41) is 20.6. The molecule has 0 bridgehead atoms. The molecule has 0 spiro atoms. The quantitative estimate of drug-likeness (QED) is 0.257. The third-order valence-corrected chi connectivity index (χ3v) is 8.04. The molecule has 37 heavy (non-hydrogen) atoms. The standard InChI is InChI=1S/C34H36O3/c1-22-19-28(15-17-31(22)36)33(3,4)26-11-13-27(14-12-26)34(5,6)29-16-18-32(37)30(20-29)23(2)25-9-7-24(21-35)8-10-25/h7-21,23,36-37H,1-6H3. The van der Waals surface area contributed by atoms with Crippen LogP contribution in [0, 0.1) is 6.92 Å². The van der Waals surface area contributed by atoms with Gasteiger partial charge in [-0.2, -0.15) is 0 Å². The van der Waals surface area contributed by atoms with Gasteiger partial charge in [-0.25, -0.2) is 0 Å². The number of phenolic OH excluding ortho intramolecular Hbond substituents is 2. The lowest BCUT2D eigenvalue weighted by atomic mass is 9.74. The van der Waals surface area contributed by atoms with Gasteiger partial charge < -0.3 is 10.2 Å². The molecule has 1 atom stereocenters. The van der Waals surface area contributed by atoms with Gasteiger partial charge in [0, 0.05) is 27.9 Å². The van der Waals surface area contributed by atoms with Crippen LogP contribution in [0.5, 0.6) is 11.5 Å². The second-order valence-electron chi connectivity index (χ2n) is 11.1. The van der Waals surface area contributed by atoms with Crippen molar-refractivity contribution in [2.24, 2.45) is 0 Å². The van der Waals surface area contributed by atoms with Gasteiger partial charge in [0.1, 0.15) is 17.8 Å². The maximum Gasteiger partial charge on any atom is 0.150 e. The van der Waals surface area contributed by atoms with Crippen LogP contribution in [0.2, 0.25) is 0 Å². The van der Waals surface area contributed by atoms with Crippen LogP contribution in [-0.4, -0.2) is 16.5 Å². The Morgan fingerprint density at radius 3 is 1.59 bits per heavy atom. The average Bonchev–Trinajstić information content (AvgIpc) is 2.90. The molecule has 3 nitrogen and oxygen atoms in total. The van der Waals surface area contributed by atoms with E-state index in [0.29, 0.717) is 11.3 Å². The van der Waals surface area contributed by atoms with Gasteiger partial charge in [-0.15, -0.1) is 0 Å². The van der Waals surface area contributed by atoms with E-state index in [0.717, 1.165) is 34.1 Å². The summed E-state index contributed by atoms with van der Waals surface area (Å²) in [6, 6.07) is 28.0. The van der Waals surface area contributed by atoms with Crippen LogP contribution in [0.3, 0.4) is 0 Å². The Labute approximate surface area is 220 Å². The van der Waals surface area contributed by atoms with Crippen LogP contribution >= 0.6 is 0 Å². The van der Waals surface area contributed by atoms with E-state index in [1.165, 1.54) is 11.1 Å². The van der Waals surface area contributed by atoms with Crippen LogP contribution in [-0.2, 0) is 10.8 Å². The van der Waals surface area contributed by atoms with Crippen molar-refractivity contribution in [3.8, 4) is 11.5 Å². The van der Waals surface area contributed by atoms with Crippen molar-refractivity contribution in [1.82, 2.24) is 0 Å². The Morgan fingerprint density at radius 1 is 0.649 bits per heavy atom. The smallest absolute Gasteiger partial charge is 0.150 e. The summed E-state index contributed by atoms with van der Waals surface area (Å²) in [5.74, 6) is 0.568. The molecule has 0 radical (unpaired) electrons. The van der Waals surface area contributed by atoms with Gasteiger partial charge in [-0.1, -0.05) is 107 Å². The number of rotatable bonds is 7. The van der Waals surface area contributed by atoms with E-state index in [9.17, 15) is 15.0 Å². The highest BCUT2D eigenvalue weighted by Gasteiger charge is 2.28. The zero-order valence-electron chi connectivity index (χ0n) is 22.5. The molecule has 2 N–H and O–H groups in total. The van der Waals surface area contributed by atoms with E-state index in [1.54, 1.807) is 12.1 Å². The van der Waals surface area contributed by atoms with Crippen LogP contribution < -0.4 is 0 Å². The van der Waals surface area contributed by atoms with E-state index in [2.05, 4.69) is 71.0 Å². The fourth-order valence-electron chi connectivity index (χ4n) is 5.01. The van der Waals surface area contributed by atoms with Crippen LogP contribution in [0.25, 0.3) is 0 Å². The molecule has 0 saturated heterocycles. The molecule has 3 heteroatoms. The second-order valence-corrected chi connectivity index (χ2v) is 11.1. The average molecular weight is 493 g/mol. The monoisotopic (exact) mass is 492 g/mol. The Balaban J connectivity index is 1.65. The van der Waals surface area contributed by atoms with Crippen LogP contribution in [0.4, 0.5) is 0 Å². The van der Waals surface area contributed by atoms with E-state index >= 15 is 0 Å². The third kappa shape index (κ3) is 5.04. The maximum absolute atomic E-state index is 11.0. The van der Waals surface area contributed by atoms with Crippen LogP contribution in [0.1, 0.15) is 89.8 Å². The summed E-state index contributed by atoms with van der Waals surface area (Å²) in [6.45, 7) is 12.8. The molecular weight excluding hydrogens is 456 g/mol. The summed E-state index contributed by atoms with van der Waals surface area (Å²) in [6.07, 6.45) is 0.840. The minimum absolute atomic E-state index is 0.0200. The lowest BCUT2D eigenvalue weighted by molar-refractivity contribution is 0.112. The number of benzene rings is 4. The number of aldehydes is 1. The van der Waals surface area contributed by atoms with Crippen molar-refractivity contribution >= 4 is 6.29 Å². The molecule has 190 valence electrons. The number of aromatic hydroxyl groups is 2. The molecule has 4 aromatic carbocycles. The molecular formula is C34H36O3. The van der Waals surface area contributed by atoms with E-state index in [-0.39, 0.29) is 22.5 Å². The maximum atomic E-state index is 11.0. The minimum Gasteiger partial charge on any atom is -0.508 e. The first kappa shape index (κ1) is 26.2. The van der Waals surface area contributed by atoms with Crippen molar-refractivity contribution in [1.29, 1.82) is 0 Å². The van der Waals surface area contributed by atoms with Gasteiger partial charge in [0.05, 0.1) is 0 Å². The highest BCUT2D eigenvalue weighted by atomic mass is 16.3. The number of carbonyl (C=O) groups is 1. The first-order valence-electron chi connectivity index (χ1n) is 12.7. The number of carbonyl (C=O) groups excluding carboxylic acids is 1. The zero-order chi connectivity index (χ0) is 27.0. The Bertz CT molecular complexity index is 1410. The van der Waals surface area contributed by atoms with Gasteiger partial charge in [0.2, 0.25) is 0 Å². The number of hydrogen-bond acceptors (Lipinski definition) is 3. The van der Waals surface area contributed by atoms with Crippen molar-refractivity contribution in [3.05, 3.63) is 129 Å². The molecule has 0 amide bonds. The number of phenols is 2. The molecule has 0 aliphatic carbocycles. The van der Waals surface area contributed by atoms with Crippen molar-refractivity contribution in [2.75, 3.05) is 0 Å². The van der Waals surface area contributed by atoms with Gasteiger partial charge in [-0.05, 0) is 52.4 Å². The van der Waals surface area contributed by atoms with Gasteiger partial charge in [-0.3, -0.25) is 4.79 Å². The van der Waals surface area contributed by atoms with Gasteiger partial charge in [0.15, 0.2) is 0 Å². The molecule has 4 rings (SSSR count). The predicted molar refractivity (Wildman–Crippen MR) is 151 cm³/mol. The minimum atomic E-state index is -0.276. The highest BCUT2D eigenvalue weighted by molar-refractivity contribution is 5.74. The lowest BCUT2D eigenvalue weighted by Crippen LogP contribution is -2.22. The Morgan fingerprint density at radius 2 is 1.11 bits per heavy atom. The largest absolute Gasteiger partial charge is 0.508 e. The molecule has 0 heterocycles. The first-order chi connectivity index (χ1) is 17.4. The summed E-state index contributed by atoms with van der Waals surface area (Å²) in [5.41, 5.74) is 7.62. The van der Waals surface area contributed by atoms with Gasteiger partial charge >= 0.3 is 0 Å². The number of aryl methyl sites for hydroxylation is 1. The van der Waals surface area contributed by atoms with E-state index < -0.39 is 0 Å². The summed E-state index contributed by atoms with van der Waals surface area (Å²) < 4.78 is 0. The molecule has 0 fully saturated rings. The van der Waals surface area contributed by atoms with E-state index in [4.69, 9.17) is 0 Å². The summed E-state index contributed by atoms with van der Waals surface area (Å²) in [7, 11) is 0. The molecule has 0 aliphatic rings. The fourth-order valence-corrected chi connectivity index (χ4v) is 5.01. The summed E-state index contributed by atoms with van der Waals surface area (Å²) in [4.78, 5) is 11.0. The highest BCUT2D eigenvalue weighted by Crippen LogP contribution is 2.39. The normalized spacial score (nSPS) is 12.8. The van der Waals surface area contributed by atoms with Crippen molar-refractivity contribution in [2.45, 2.75) is 58.3 Å². The second kappa shape index (κ2) is 9.89. The SMILES string of the molecule is Cc1cc(C(C)(C)c2ccc(C(C)(C)c3ccc(O)c(C(C)c4ccc(C=O)cc4)c3)cc2)ccc1O. The molecule has 0 aliphatic heterocycles. The predicted octanol–water partition coefficient (Wildman–Crippen LogP) is 8.02. The number of hydrogen-bond donors (Lipinski definition) is 2. The van der Waals surface area contributed by atoms with Gasteiger partial charge in [0.25, 0.3) is 0 Å². The van der Waals surface area contributed by atoms with E-state index in [1.807, 2.05) is 43.3 Å². The summed E-state index contributed by atoms with van der Waals surface area (Å²) >= 11 is 0. The Hall–Kier alpha value is -3.85. The molecule has 0 aromatic heterocycles. The molecule has 4 aromatic rings. The van der Waals surface area contributed by atoms with Crippen molar-refractivity contribution < 1.29 is 15.0 Å². The van der Waals surface area contributed by atoms with Crippen molar-refractivity contribution in [3.63, 3.8) is 0 Å². The third-order valence-electron chi connectivity index (χ3n) is 8.04. The molecule has 1 unspecified atom stereocenters. The lowest BCUT2D eigenvalue weighted by Gasteiger charge is -2.30. The zero-order valence-corrected chi connectivity index (χ0v) is 22.5. The topological polar surface area (TPSA) is 57.5 Å². The van der Waals surface area contributed by atoms with Crippen LogP contribution in [0.15, 0.2) is 84.9 Å². The molecule has 0 saturated carbocycles. The Kier molecular flexibility index (Phi) is 7.01.